The van der Waals surface area contributed by atoms with Crippen molar-refractivity contribution in [3.8, 4) is 11.5 Å². The molecule has 1 aromatic rings. The van der Waals surface area contributed by atoms with Gasteiger partial charge in [-0.3, -0.25) is 4.79 Å². The van der Waals surface area contributed by atoms with Crippen LogP contribution in [0.25, 0.3) is 0 Å². The van der Waals surface area contributed by atoms with Crippen LogP contribution in [-0.2, 0) is 0 Å². The van der Waals surface area contributed by atoms with Crippen LogP contribution in [0.2, 0.25) is 0 Å². The molecule has 0 aliphatic heterocycles. The Morgan fingerprint density at radius 2 is 2.00 bits per heavy atom. The molecule has 0 spiro atoms. The minimum Gasteiger partial charge on any atom is -0.504 e. The lowest BCUT2D eigenvalue weighted by Crippen LogP contribution is -2.38. The summed E-state index contributed by atoms with van der Waals surface area (Å²) in [6, 6.07) is 3.98. The van der Waals surface area contributed by atoms with Crippen molar-refractivity contribution >= 4 is 23.1 Å². The van der Waals surface area contributed by atoms with Gasteiger partial charge in [0, 0.05) is 24.6 Å². The molecule has 1 rings (SSSR count). The minimum atomic E-state index is -0.316. The summed E-state index contributed by atoms with van der Waals surface area (Å²) < 4.78 is 0. The predicted molar refractivity (Wildman–Crippen MR) is 77.3 cm³/mol. The smallest absolute Gasteiger partial charge is 0.254 e. The van der Waals surface area contributed by atoms with Gasteiger partial charge < -0.3 is 20.8 Å². The van der Waals surface area contributed by atoms with E-state index < -0.39 is 0 Å². The third kappa shape index (κ3) is 4.10. The van der Waals surface area contributed by atoms with E-state index in [9.17, 15) is 15.0 Å². The van der Waals surface area contributed by atoms with Crippen LogP contribution in [0, 0.1) is 0 Å². The van der Waals surface area contributed by atoms with Crippen LogP contribution >= 0.6 is 12.2 Å². The number of carbonyl (C=O) groups is 1. The first kappa shape index (κ1) is 15.2. The summed E-state index contributed by atoms with van der Waals surface area (Å²) in [6.45, 7) is 4.20. The van der Waals surface area contributed by atoms with Crippen molar-refractivity contribution in [1.82, 2.24) is 4.90 Å². The number of rotatable bonds is 5. The fourth-order valence-corrected chi connectivity index (χ4v) is 1.74. The number of carbonyl (C=O) groups excluding carboxylic acids is 1. The number of nitrogens with zero attached hydrogens (tertiary/aromatic N) is 1. The van der Waals surface area contributed by atoms with Crippen LogP contribution in [-0.4, -0.2) is 38.6 Å². The van der Waals surface area contributed by atoms with Crippen LogP contribution in [0.4, 0.5) is 0 Å². The van der Waals surface area contributed by atoms with Gasteiger partial charge in [-0.2, -0.15) is 0 Å². The van der Waals surface area contributed by atoms with Crippen LogP contribution in [0.5, 0.6) is 11.5 Å². The summed E-state index contributed by atoms with van der Waals surface area (Å²) in [5, 5.41) is 18.7. The molecule has 0 aromatic heterocycles. The molecule has 5 nitrogen and oxygen atoms in total. The second kappa shape index (κ2) is 6.38. The highest BCUT2D eigenvalue weighted by atomic mass is 32.1. The van der Waals surface area contributed by atoms with Crippen molar-refractivity contribution < 1.29 is 15.0 Å². The molecule has 0 aliphatic rings. The van der Waals surface area contributed by atoms with Crippen LogP contribution in [0.3, 0.4) is 0 Å². The highest BCUT2D eigenvalue weighted by Gasteiger charge is 2.19. The molecule has 0 atom stereocenters. The van der Waals surface area contributed by atoms with Crippen LogP contribution < -0.4 is 5.73 Å². The van der Waals surface area contributed by atoms with E-state index >= 15 is 0 Å². The normalized spacial score (nSPS) is 10.5. The van der Waals surface area contributed by atoms with Crippen molar-refractivity contribution in [2.24, 2.45) is 5.73 Å². The first-order valence-electron chi connectivity index (χ1n) is 5.94. The Hall–Kier alpha value is -1.82. The molecule has 104 valence electrons. The third-order valence-electron chi connectivity index (χ3n) is 2.71. The summed E-state index contributed by atoms with van der Waals surface area (Å²) in [5.41, 5.74) is 5.76. The number of phenolic OH excluding ortho intramolecular Hbond substituents is 2. The highest BCUT2D eigenvalue weighted by Crippen LogP contribution is 2.25. The summed E-state index contributed by atoms with van der Waals surface area (Å²) in [6.07, 6.45) is 0.448. The molecule has 0 bridgehead atoms. The lowest BCUT2D eigenvalue weighted by atomic mass is 10.1. The zero-order valence-corrected chi connectivity index (χ0v) is 11.8. The molecule has 0 heterocycles. The average Bonchev–Trinajstić information content (AvgIpc) is 2.31. The molecule has 0 radical (unpaired) electrons. The maximum Gasteiger partial charge on any atom is 0.254 e. The average molecular weight is 282 g/mol. The van der Waals surface area contributed by atoms with Crippen LogP contribution in [0.1, 0.15) is 30.6 Å². The Labute approximate surface area is 117 Å². The van der Waals surface area contributed by atoms with Gasteiger partial charge in [0.1, 0.15) is 0 Å². The third-order valence-corrected chi connectivity index (χ3v) is 2.91. The standard InChI is InChI=1S/C13H18N2O3S/c1-8(2)15(6-5-12(14)19)13(18)9-3-4-10(16)11(17)7-9/h3-4,7-8,16-17H,5-6H2,1-2H3,(H2,14,19). The van der Waals surface area contributed by atoms with Gasteiger partial charge >= 0.3 is 0 Å². The number of nitrogens with two attached hydrogens (primary N) is 1. The van der Waals surface area contributed by atoms with Gasteiger partial charge in [0.05, 0.1) is 4.99 Å². The largest absolute Gasteiger partial charge is 0.504 e. The zero-order chi connectivity index (χ0) is 14.6. The van der Waals surface area contributed by atoms with Gasteiger partial charge in [-0.15, -0.1) is 0 Å². The van der Waals surface area contributed by atoms with E-state index in [1.54, 1.807) is 4.90 Å². The van der Waals surface area contributed by atoms with Gasteiger partial charge in [-0.05, 0) is 32.0 Å². The number of benzene rings is 1. The van der Waals surface area contributed by atoms with Crippen molar-refractivity contribution in [2.45, 2.75) is 26.3 Å². The second-order valence-electron chi connectivity index (χ2n) is 4.51. The summed E-state index contributed by atoms with van der Waals surface area (Å²) in [5.74, 6) is -0.804. The summed E-state index contributed by atoms with van der Waals surface area (Å²) in [7, 11) is 0. The lowest BCUT2D eigenvalue weighted by Gasteiger charge is -2.26. The van der Waals surface area contributed by atoms with E-state index in [2.05, 4.69) is 0 Å². The fraction of sp³-hybridized carbons (Fsp3) is 0.385. The molecule has 19 heavy (non-hydrogen) atoms. The number of thiocarbonyl (C=S) groups is 1. The molecule has 6 heteroatoms. The number of phenols is 2. The molecular weight excluding hydrogens is 264 g/mol. The van der Waals surface area contributed by atoms with Crippen molar-refractivity contribution in [2.75, 3.05) is 6.54 Å². The molecule has 4 N–H and O–H groups in total. The van der Waals surface area contributed by atoms with E-state index in [1.165, 1.54) is 18.2 Å². The molecule has 0 aliphatic carbocycles. The first-order chi connectivity index (χ1) is 8.82. The predicted octanol–water partition coefficient (Wildman–Crippen LogP) is 1.62. The first-order valence-corrected chi connectivity index (χ1v) is 6.35. The Morgan fingerprint density at radius 3 is 2.47 bits per heavy atom. The summed E-state index contributed by atoms with van der Waals surface area (Å²) >= 11 is 4.81. The van der Waals surface area contributed by atoms with Crippen molar-refractivity contribution in [3.63, 3.8) is 0 Å². The number of hydrogen-bond acceptors (Lipinski definition) is 4. The lowest BCUT2D eigenvalue weighted by molar-refractivity contribution is 0.0711. The summed E-state index contributed by atoms with van der Waals surface area (Å²) in [4.78, 5) is 14.3. The van der Waals surface area contributed by atoms with Gasteiger partial charge in [0.15, 0.2) is 11.5 Å². The second-order valence-corrected chi connectivity index (χ2v) is 5.04. The molecule has 0 fully saturated rings. The monoisotopic (exact) mass is 282 g/mol. The van der Waals surface area contributed by atoms with Crippen LogP contribution in [0.15, 0.2) is 18.2 Å². The Morgan fingerprint density at radius 1 is 1.37 bits per heavy atom. The number of amides is 1. The highest BCUT2D eigenvalue weighted by molar-refractivity contribution is 7.80. The quantitative estimate of drug-likeness (QED) is 0.564. The minimum absolute atomic E-state index is 0.0159. The van der Waals surface area contributed by atoms with Gasteiger partial charge in [0.2, 0.25) is 0 Å². The topological polar surface area (TPSA) is 86.8 Å². The molecular formula is C13H18N2O3S. The fourth-order valence-electron chi connectivity index (χ4n) is 1.65. The molecule has 1 aromatic carbocycles. The van der Waals surface area contributed by atoms with Crippen molar-refractivity contribution in [1.29, 1.82) is 0 Å². The van der Waals surface area contributed by atoms with Crippen molar-refractivity contribution in [3.05, 3.63) is 23.8 Å². The zero-order valence-electron chi connectivity index (χ0n) is 11.0. The maximum absolute atomic E-state index is 12.3. The van der Waals surface area contributed by atoms with Gasteiger partial charge in [0.25, 0.3) is 5.91 Å². The van der Waals surface area contributed by atoms with E-state index in [1.807, 2.05) is 13.8 Å². The Balaban J connectivity index is 2.92. The SMILES string of the molecule is CC(C)N(CCC(N)=S)C(=O)c1ccc(O)c(O)c1. The Kier molecular flexibility index (Phi) is 5.11. The number of aromatic hydroxyl groups is 2. The maximum atomic E-state index is 12.3. The van der Waals surface area contributed by atoms with E-state index in [-0.39, 0.29) is 23.4 Å². The molecule has 0 unspecified atom stereocenters. The van der Waals surface area contributed by atoms with E-state index in [0.29, 0.717) is 23.5 Å². The van der Waals surface area contributed by atoms with Gasteiger partial charge in [-0.1, -0.05) is 12.2 Å². The molecule has 1 amide bonds. The number of hydrogen-bond donors (Lipinski definition) is 3. The van der Waals surface area contributed by atoms with E-state index in [4.69, 9.17) is 18.0 Å². The molecule has 0 saturated carbocycles. The Bertz CT molecular complexity index is 489. The van der Waals surface area contributed by atoms with E-state index in [0.717, 1.165) is 0 Å². The van der Waals surface area contributed by atoms with Gasteiger partial charge in [-0.25, -0.2) is 0 Å². The molecule has 0 saturated heterocycles.